The van der Waals surface area contributed by atoms with Gasteiger partial charge in [0.05, 0.1) is 10.7 Å². The Morgan fingerprint density at radius 1 is 1.00 bits per heavy atom. The second kappa shape index (κ2) is 9.77. The normalized spacial score (nSPS) is 14.4. The van der Waals surface area contributed by atoms with Crippen LogP contribution < -0.4 is 20.5 Å². The molecule has 0 aliphatic carbocycles. The molecule has 4 rings (SSSR count). The highest BCUT2D eigenvalue weighted by Crippen LogP contribution is 2.28. The number of benzene rings is 3. The van der Waals surface area contributed by atoms with Crippen LogP contribution in [0.5, 0.6) is 5.75 Å². The van der Waals surface area contributed by atoms with Crippen molar-refractivity contribution in [2.45, 2.75) is 0 Å². The number of nitrogens with one attached hydrogen (secondary N) is 2. The van der Waals surface area contributed by atoms with Crippen molar-refractivity contribution in [3.05, 3.63) is 94.0 Å². The summed E-state index contributed by atoms with van der Waals surface area (Å²) < 4.78 is 5.49. The molecule has 166 valence electrons. The summed E-state index contributed by atoms with van der Waals surface area (Å²) in [6, 6.07) is 20.2. The zero-order chi connectivity index (χ0) is 23.4. The molecule has 0 aromatic heterocycles. The first kappa shape index (κ1) is 22.4. The molecular formula is C24H17Cl2N3O4. The van der Waals surface area contributed by atoms with Crippen LogP contribution in [0.3, 0.4) is 0 Å². The molecule has 7 nitrogen and oxygen atoms in total. The minimum absolute atomic E-state index is 0.0223. The highest BCUT2D eigenvalue weighted by atomic mass is 35.5. The molecule has 0 unspecified atom stereocenters. The second-order valence-electron chi connectivity index (χ2n) is 7.01. The Kier molecular flexibility index (Phi) is 6.63. The number of para-hydroxylation sites is 1. The van der Waals surface area contributed by atoms with Crippen LogP contribution in [0.2, 0.25) is 10.0 Å². The van der Waals surface area contributed by atoms with Crippen molar-refractivity contribution in [1.29, 1.82) is 0 Å². The maximum absolute atomic E-state index is 12.7. The number of halogens is 2. The summed E-state index contributed by atoms with van der Waals surface area (Å²) in [5.41, 5.74) is 4.19. The molecule has 0 spiro atoms. The average Bonchev–Trinajstić information content (AvgIpc) is 3.09. The zero-order valence-corrected chi connectivity index (χ0v) is 18.6. The van der Waals surface area contributed by atoms with Gasteiger partial charge in [0, 0.05) is 10.7 Å². The third-order valence-corrected chi connectivity index (χ3v) is 5.21. The number of ether oxygens (including phenoxy) is 1. The minimum atomic E-state index is -0.515. The Bertz CT molecular complexity index is 1240. The van der Waals surface area contributed by atoms with Crippen LogP contribution in [-0.4, -0.2) is 24.3 Å². The van der Waals surface area contributed by atoms with Crippen molar-refractivity contribution in [3.8, 4) is 5.75 Å². The van der Waals surface area contributed by atoms with Crippen LogP contribution in [0, 0.1) is 0 Å². The first-order chi connectivity index (χ1) is 15.9. The van der Waals surface area contributed by atoms with E-state index in [2.05, 4.69) is 10.7 Å². The largest absolute Gasteiger partial charge is 0.482 e. The summed E-state index contributed by atoms with van der Waals surface area (Å²) in [7, 11) is 0. The number of amides is 3. The van der Waals surface area contributed by atoms with Gasteiger partial charge in [-0.25, -0.2) is 5.01 Å². The molecule has 0 atom stereocenters. The predicted octanol–water partition coefficient (Wildman–Crippen LogP) is 4.47. The van der Waals surface area contributed by atoms with E-state index >= 15 is 0 Å². The lowest BCUT2D eigenvalue weighted by Gasteiger charge is -2.13. The summed E-state index contributed by atoms with van der Waals surface area (Å²) in [6.45, 7) is -0.254. The Hall–Kier alpha value is -3.81. The molecule has 1 aliphatic heterocycles. The average molecular weight is 482 g/mol. The lowest BCUT2D eigenvalue weighted by atomic mass is 10.1. The summed E-state index contributed by atoms with van der Waals surface area (Å²) in [5, 5.41) is 4.67. The van der Waals surface area contributed by atoms with Crippen molar-refractivity contribution >= 4 is 58.4 Å². The zero-order valence-electron chi connectivity index (χ0n) is 17.0. The number of carbonyl (C=O) groups is 3. The SMILES string of the molecule is O=C(COc1ccc(C=C2C(=O)NN(c3ccccc3)C2=O)cc1Cl)Nc1ccc(Cl)cc1. The first-order valence-corrected chi connectivity index (χ1v) is 10.6. The van der Waals surface area contributed by atoms with Gasteiger partial charge in [-0.3, -0.25) is 19.8 Å². The molecular weight excluding hydrogens is 465 g/mol. The monoisotopic (exact) mass is 481 g/mol. The van der Waals surface area contributed by atoms with Crippen LogP contribution in [0.4, 0.5) is 11.4 Å². The highest BCUT2D eigenvalue weighted by molar-refractivity contribution is 6.33. The predicted molar refractivity (Wildman–Crippen MR) is 127 cm³/mol. The molecule has 1 saturated heterocycles. The van der Waals surface area contributed by atoms with Gasteiger partial charge < -0.3 is 10.1 Å². The van der Waals surface area contributed by atoms with Gasteiger partial charge in [-0.05, 0) is 60.2 Å². The fourth-order valence-electron chi connectivity index (χ4n) is 3.08. The minimum Gasteiger partial charge on any atom is -0.482 e. The van der Waals surface area contributed by atoms with Crippen molar-refractivity contribution in [2.75, 3.05) is 16.9 Å². The fraction of sp³-hybridized carbons (Fsp3) is 0.0417. The molecule has 0 bridgehead atoms. The number of anilines is 2. The van der Waals surface area contributed by atoms with E-state index in [1.165, 1.54) is 11.1 Å². The number of nitrogens with zero attached hydrogens (tertiary/aromatic N) is 1. The smallest absolute Gasteiger partial charge is 0.282 e. The Labute approximate surface area is 199 Å². The van der Waals surface area contributed by atoms with E-state index in [0.717, 1.165) is 0 Å². The third-order valence-electron chi connectivity index (χ3n) is 4.66. The van der Waals surface area contributed by atoms with Gasteiger partial charge in [0.15, 0.2) is 6.61 Å². The summed E-state index contributed by atoms with van der Waals surface area (Å²) in [6.07, 6.45) is 1.45. The summed E-state index contributed by atoms with van der Waals surface area (Å²) in [4.78, 5) is 37.1. The Morgan fingerprint density at radius 2 is 1.73 bits per heavy atom. The molecule has 0 radical (unpaired) electrons. The Morgan fingerprint density at radius 3 is 2.42 bits per heavy atom. The third kappa shape index (κ3) is 5.34. The van der Waals surface area contributed by atoms with Crippen molar-refractivity contribution in [3.63, 3.8) is 0 Å². The summed E-state index contributed by atoms with van der Waals surface area (Å²) >= 11 is 12.1. The van der Waals surface area contributed by atoms with E-state index in [1.54, 1.807) is 66.7 Å². The standard InChI is InChI=1S/C24H17Cl2N3O4/c25-16-7-9-17(10-8-16)27-22(30)14-33-21-11-6-15(13-20(21)26)12-19-23(31)28-29(24(19)32)18-4-2-1-3-5-18/h1-13H,14H2,(H,27,30)(H,28,31). The van der Waals surface area contributed by atoms with Gasteiger partial charge in [-0.1, -0.05) is 47.5 Å². The van der Waals surface area contributed by atoms with Crippen molar-refractivity contribution in [2.24, 2.45) is 0 Å². The van der Waals surface area contributed by atoms with Crippen molar-refractivity contribution in [1.82, 2.24) is 5.43 Å². The first-order valence-electron chi connectivity index (χ1n) is 9.80. The van der Waals surface area contributed by atoms with E-state index in [9.17, 15) is 14.4 Å². The van der Waals surface area contributed by atoms with E-state index < -0.39 is 11.8 Å². The van der Waals surface area contributed by atoms with Crippen LogP contribution >= 0.6 is 23.2 Å². The lowest BCUT2D eigenvalue weighted by molar-refractivity contribution is -0.118. The quantitative estimate of drug-likeness (QED) is 0.401. The maximum Gasteiger partial charge on any atom is 0.282 e. The number of hydrogen-bond acceptors (Lipinski definition) is 4. The van der Waals surface area contributed by atoms with E-state index in [1.807, 2.05) is 6.07 Å². The molecule has 33 heavy (non-hydrogen) atoms. The molecule has 3 amide bonds. The van der Waals surface area contributed by atoms with Crippen LogP contribution in [0.1, 0.15) is 5.56 Å². The van der Waals surface area contributed by atoms with Gasteiger partial charge in [0.25, 0.3) is 17.7 Å². The summed E-state index contributed by atoms with van der Waals surface area (Å²) in [5.74, 6) is -1.06. The van der Waals surface area contributed by atoms with Crippen LogP contribution in [0.15, 0.2) is 78.4 Å². The van der Waals surface area contributed by atoms with E-state index in [4.69, 9.17) is 27.9 Å². The second-order valence-corrected chi connectivity index (χ2v) is 7.85. The molecule has 3 aromatic carbocycles. The van der Waals surface area contributed by atoms with Crippen LogP contribution in [0.25, 0.3) is 6.08 Å². The number of hydrogen-bond donors (Lipinski definition) is 2. The molecule has 0 saturated carbocycles. The van der Waals surface area contributed by atoms with Crippen LogP contribution in [-0.2, 0) is 14.4 Å². The van der Waals surface area contributed by atoms with Gasteiger partial charge in [0.1, 0.15) is 11.3 Å². The molecule has 1 aliphatic rings. The lowest BCUT2D eigenvalue weighted by Crippen LogP contribution is -2.35. The fourth-order valence-corrected chi connectivity index (χ4v) is 3.45. The molecule has 1 heterocycles. The molecule has 1 fully saturated rings. The van der Waals surface area contributed by atoms with E-state index in [-0.39, 0.29) is 28.9 Å². The molecule has 2 N–H and O–H groups in total. The van der Waals surface area contributed by atoms with Crippen molar-refractivity contribution < 1.29 is 19.1 Å². The van der Waals surface area contributed by atoms with E-state index in [0.29, 0.717) is 22.0 Å². The topological polar surface area (TPSA) is 87.7 Å². The van der Waals surface area contributed by atoms with Gasteiger partial charge in [-0.15, -0.1) is 0 Å². The number of carbonyl (C=O) groups excluding carboxylic acids is 3. The number of rotatable bonds is 6. The molecule has 3 aromatic rings. The van der Waals surface area contributed by atoms with Gasteiger partial charge in [-0.2, -0.15) is 0 Å². The maximum atomic E-state index is 12.7. The molecule has 9 heteroatoms. The van der Waals surface area contributed by atoms with Gasteiger partial charge in [0.2, 0.25) is 0 Å². The highest BCUT2D eigenvalue weighted by Gasteiger charge is 2.34. The number of hydrazine groups is 1. The Balaban J connectivity index is 1.41. The van der Waals surface area contributed by atoms with Gasteiger partial charge >= 0.3 is 0 Å².